The number of aryl methyl sites for hydroxylation is 1. The maximum absolute atomic E-state index is 4.56. The quantitative estimate of drug-likeness (QED) is 0.830. The highest BCUT2D eigenvalue weighted by Gasteiger charge is 2.09. The van der Waals surface area contributed by atoms with E-state index in [0.29, 0.717) is 5.95 Å². The summed E-state index contributed by atoms with van der Waals surface area (Å²) in [4.78, 5) is 11.3. The van der Waals surface area contributed by atoms with E-state index in [2.05, 4.69) is 57.3 Å². The van der Waals surface area contributed by atoms with Crippen LogP contribution in [0, 0.1) is 0 Å². The van der Waals surface area contributed by atoms with Gasteiger partial charge in [0.15, 0.2) is 0 Å². The first-order valence-electron chi connectivity index (χ1n) is 7.01. The molecule has 0 radical (unpaired) electrons. The average Bonchev–Trinajstić information content (AvgIpc) is 2.93. The van der Waals surface area contributed by atoms with Gasteiger partial charge in [0, 0.05) is 24.8 Å². The van der Waals surface area contributed by atoms with Crippen LogP contribution in [0.15, 0.2) is 18.7 Å². The number of anilines is 2. The summed E-state index contributed by atoms with van der Waals surface area (Å²) >= 11 is 0. The molecular formula is C13H21N7. The van der Waals surface area contributed by atoms with Gasteiger partial charge in [-0.2, -0.15) is 4.98 Å². The lowest BCUT2D eigenvalue weighted by molar-refractivity contribution is 0.812. The molecular weight excluding hydrogens is 254 g/mol. The summed E-state index contributed by atoms with van der Waals surface area (Å²) in [6.45, 7) is 8.23. The minimum Gasteiger partial charge on any atom is -0.357 e. The van der Waals surface area contributed by atoms with E-state index < -0.39 is 0 Å². The largest absolute Gasteiger partial charge is 0.357 e. The zero-order valence-electron chi connectivity index (χ0n) is 12.2. The Morgan fingerprint density at radius 3 is 2.40 bits per heavy atom. The van der Waals surface area contributed by atoms with Crippen molar-refractivity contribution in [1.82, 2.24) is 24.8 Å². The summed E-state index contributed by atoms with van der Waals surface area (Å²) < 4.78 is 1.64. The van der Waals surface area contributed by atoms with Crippen LogP contribution < -0.4 is 10.3 Å². The molecule has 0 saturated carbocycles. The zero-order chi connectivity index (χ0) is 14.4. The lowest BCUT2D eigenvalue weighted by Gasteiger charge is -2.21. The highest BCUT2D eigenvalue weighted by atomic mass is 15.5. The van der Waals surface area contributed by atoms with Crippen molar-refractivity contribution in [3.63, 3.8) is 0 Å². The monoisotopic (exact) mass is 275 g/mol. The van der Waals surface area contributed by atoms with Crippen molar-refractivity contribution in [2.75, 3.05) is 23.4 Å². The number of hydrogen-bond acceptors (Lipinski definition) is 6. The van der Waals surface area contributed by atoms with Gasteiger partial charge in [-0.05, 0) is 20.3 Å². The second kappa shape index (κ2) is 6.83. The molecule has 0 bridgehead atoms. The van der Waals surface area contributed by atoms with Gasteiger partial charge in [-0.1, -0.05) is 13.3 Å². The molecule has 0 aliphatic carbocycles. The van der Waals surface area contributed by atoms with E-state index >= 15 is 0 Å². The van der Waals surface area contributed by atoms with E-state index in [1.54, 1.807) is 17.3 Å². The molecule has 2 aromatic rings. The fraction of sp³-hybridized carbons (Fsp3) is 0.538. The summed E-state index contributed by atoms with van der Waals surface area (Å²) in [7, 11) is 0. The molecule has 0 saturated heterocycles. The molecule has 2 rings (SSSR count). The van der Waals surface area contributed by atoms with Gasteiger partial charge >= 0.3 is 0 Å². The van der Waals surface area contributed by atoms with Crippen LogP contribution in [0.4, 0.5) is 11.8 Å². The Morgan fingerprint density at radius 2 is 1.80 bits per heavy atom. The van der Waals surface area contributed by atoms with E-state index in [9.17, 15) is 0 Å². The molecule has 20 heavy (non-hydrogen) atoms. The summed E-state index contributed by atoms with van der Waals surface area (Å²) in [5.74, 6) is 1.52. The van der Waals surface area contributed by atoms with Crippen LogP contribution in [0.1, 0.15) is 32.9 Å². The van der Waals surface area contributed by atoms with Gasteiger partial charge in [0.2, 0.25) is 5.95 Å². The zero-order valence-corrected chi connectivity index (χ0v) is 12.2. The van der Waals surface area contributed by atoms with E-state index in [-0.39, 0.29) is 0 Å². The van der Waals surface area contributed by atoms with Crippen LogP contribution in [-0.2, 0) is 6.42 Å². The third-order valence-electron chi connectivity index (χ3n) is 3.01. The number of hydrogen-bond donors (Lipinski definition) is 1. The number of nitrogens with one attached hydrogen (secondary N) is 1. The van der Waals surface area contributed by atoms with Crippen molar-refractivity contribution in [1.29, 1.82) is 0 Å². The van der Waals surface area contributed by atoms with Crippen molar-refractivity contribution < 1.29 is 0 Å². The Balaban J connectivity index is 2.29. The number of rotatable bonds is 7. The third kappa shape index (κ3) is 3.43. The van der Waals surface area contributed by atoms with Crippen molar-refractivity contribution in [2.45, 2.75) is 33.6 Å². The molecule has 0 amide bonds. The van der Waals surface area contributed by atoms with Crippen molar-refractivity contribution in [3.8, 4) is 0 Å². The van der Waals surface area contributed by atoms with E-state index in [1.807, 2.05) is 0 Å². The Hall–Kier alpha value is -2.18. The molecule has 0 aromatic carbocycles. The number of nitrogens with zero attached hydrogens (tertiary/aromatic N) is 6. The number of aromatic nitrogens is 5. The Labute approximate surface area is 119 Å². The van der Waals surface area contributed by atoms with Crippen molar-refractivity contribution in [3.05, 3.63) is 24.4 Å². The molecule has 0 atom stereocenters. The molecule has 0 aliphatic heterocycles. The van der Waals surface area contributed by atoms with E-state index in [4.69, 9.17) is 0 Å². The van der Waals surface area contributed by atoms with Gasteiger partial charge in [0.05, 0.1) is 0 Å². The maximum atomic E-state index is 4.56. The van der Waals surface area contributed by atoms with Gasteiger partial charge < -0.3 is 4.90 Å². The summed E-state index contributed by atoms with van der Waals surface area (Å²) in [6, 6.07) is 2.06. The Kier molecular flexibility index (Phi) is 4.86. The average molecular weight is 275 g/mol. The lowest BCUT2D eigenvalue weighted by Crippen LogP contribution is -2.24. The van der Waals surface area contributed by atoms with Crippen LogP contribution in [0.25, 0.3) is 0 Å². The molecule has 108 valence electrons. The first-order chi connectivity index (χ1) is 9.76. The van der Waals surface area contributed by atoms with Gasteiger partial charge in [-0.25, -0.2) is 9.66 Å². The normalized spacial score (nSPS) is 10.6. The van der Waals surface area contributed by atoms with Crippen LogP contribution in [0.2, 0.25) is 0 Å². The fourth-order valence-electron chi connectivity index (χ4n) is 2.00. The van der Waals surface area contributed by atoms with Crippen LogP contribution in [0.5, 0.6) is 0 Å². The van der Waals surface area contributed by atoms with Gasteiger partial charge in [-0.3, -0.25) is 5.43 Å². The first kappa shape index (κ1) is 14.2. The predicted molar refractivity (Wildman–Crippen MR) is 78.6 cm³/mol. The molecule has 0 unspecified atom stereocenters. The van der Waals surface area contributed by atoms with Crippen LogP contribution in [0.3, 0.4) is 0 Å². The molecule has 7 nitrogen and oxygen atoms in total. The molecule has 0 spiro atoms. The van der Waals surface area contributed by atoms with Crippen molar-refractivity contribution >= 4 is 11.8 Å². The molecule has 2 heterocycles. The minimum absolute atomic E-state index is 0.567. The molecule has 0 fully saturated rings. The highest BCUT2D eigenvalue weighted by molar-refractivity contribution is 5.44. The van der Waals surface area contributed by atoms with Crippen LogP contribution >= 0.6 is 0 Å². The fourth-order valence-corrected chi connectivity index (χ4v) is 2.00. The SMILES string of the molecule is CCCc1cc(N(CC)CC)nc(Nn2cnnc2)n1. The highest BCUT2D eigenvalue weighted by Crippen LogP contribution is 2.16. The standard InChI is InChI=1S/C13H21N7/c1-4-7-11-8-12(19(5-2)6-3)17-13(16-11)18-20-9-14-15-10-20/h8-10H,4-7H2,1-3H3,(H,16,17,18). The Bertz CT molecular complexity index is 520. The van der Waals surface area contributed by atoms with Crippen molar-refractivity contribution in [2.24, 2.45) is 0 Å². The smallest absolute Gasteiger partial charge is 0.244 e. The molecule has 7 heteroatoms. The minimum atomic E-state index is 0.567. The molecule has 2 aromatic heterocycles. The van der Waals surface area contributed by atoms with Gasteiger partial charge in [0.1, 0.15) is 18.5 Å². The molecule has 1 N–H and O–H groups in total. The Morgan fingerprint density at radius 1 is 1.10 bits per heavy atom. The maximum Gasteiger partial charge on any atom is 0.244 e. The predicted octanol–water partition coefficient (Wildman–Crippen LogP) is 1.74. The van der Waals surface area contributed by atoms with E-state index in [0.717, 1.165) is 37.4 Å². The summed E-state index contributed by atoms with van der Waals surface area (Å²) in [6.07, 6.45) is 5.15. The summed E-state index contributed by atoms with van der Waals surface area (Å²) in [5, 5.41) is 7.50. The first-order valence-corrected chi connectivity index (χ1v) is 7.01. The second-order valence-electron chi connectivity index (χ2n) is 4.44. The van der Waals surface area contributed by atoms with Gasteiger partial charge in [0.25, 0.3) is 0 Å². The van der Waals surface area contributed by atoms with E-state index in [1.165, 1.54) is 0 Å². The summed E-state index contributed by atoms with van der Waals surface area (Å²) in [5.41, 5.74) is 4.11. The third-order valence-corrected chi connectivity index (χ3v) is 3.01. The van der Waals surface area contributed by atoms with Crippen LogP contribution in [-0.4, -0.2) is 37.9 Å². The second-order valence-corrected chi connectivity index (χ2v) is 4.44. The van der Waals surface area contributed by atoms with Gasteiger partial charge in [-0.15, -0.1) is 10.2 Å². The molecule has 0 aliphatic rings. The topological polar surface area (TPSA) is 71.8 Å². The lowest BCUT2D eigenvalue weighted by atomic mass is 10.2.